The van der Waals surface area contributed by atoms with Crippen LogP contribution in [0.1, 0.15) is 48.2 Å². The molecule has 1 aromatic carbocycles. The molecule has 0 fully saturated rings. The van der Waals surface area contributed by atoms with E-state index in [-0.39, 0.29) is 5.56 Å². The summed E-state index contributed by atoms with van der Waals surface area (Å²) in [5, 5.41) is 0. The second kappa shape index (κ2) is 8.13. The van der Waals surface area contributed by atoms with E-state index in [0.29, 0.717) is 6.42 Å². The third-order valence-electron chi connectivity index (χ3n) is 3.83. The summed E-state index contributed by atoms with van der Waals surface area (Å²) < 4.78 is 43.3. The minimum Gasteiger partial charge on any atom is -0.469 e. The lowest BCUT2D eigenvalue weighted by atomic mass is 9.92. The Morgan fingerprint density at radius 2 is 1.70 bits per heavy atom. The number of Topliss-reactive ketones (excluding diaryl/α,β-unsaturated/α-hetero) is 1. The van der Waals surface area contributed by atoms with Crippen LogP contribution in [0, 0.1) is 5.92 Å². The summed E-state index contributed by atoms with van der Waals surface area (Å²) in [5.41, 5.74) is 2.28. The van der Waals surface area contributed by atoms with Crippen molar-refractivity contribution in [1.29, 1.82) is 0 Å². The lowest BCUT2D eigenvalue weighted by Crippen LogP contribution is -2.28. The van der Waals surface area contributed by atoms with E-state index in [1.807, 2.05) is 13.8 Å². The number of benzene rings is 1. The summed E-state index contributed by atoms with van der Waals surface area (Å²) >= 11 is 0. The molecule has 0 aliphatic heterocycles. The Bertz CT molecular complexity index is 565. The fourth-order valence-corrected chi connectivity index (χ4v) is 2.40. The molecule has 0 saturated heterocycles. The van der Waals surface area contributed by atoms with Crippen molar-refractivity contribution in [3.8, 4) is 0 Å². The molecule has 3 nitrogen and oxygen atoms in total. The molecule has 128 valence electrons. The number of ether oxygens (including phenoxy) is 1. The van der Waals surface area contributed by atoms with Gasteiger partial charge in [0, 0.05) is 12.0 Å². The number of esters is 1. The average Bonchev–Trinajstić information content (AvgIpc) is 2.52. The number of hydrogen-bond acceptors (Lipinski definition) is 3. The van der Waals surface area contributed by atoms with Crippen LogP contribution in [0.2, 0.25) is 0 Å². The van der Waals surface area contributed by atoms with Crippen LogP contribution in [-0.2, 0) is 22.4 Å². The van der Waals surface area contributed by atoms with Gasteiger partial charge in [0.25, 0.3) is 0 Å². The molecule has 0 radical (unpaired) electrons. The third kappa shape index (κ3) is 5.37. The zero-order chi connectivity index (χ0) is 17.6. The minimum absolute atomic E-state index is 0.248. The van der Waals surface area contributed by atoms with Crippen molar-refractivity contribution in [1.82, 2.24) is 0 Å². The number of halogens is 3. The normalized spacial score (nSPS) is 12.8. The first kappa shape index (κ1) is 19.2. The molecular formula is C17H21F3O3. The first-order chi connectivity index (χ1) is 10.7. The van der Waals surface area contributed by atoms with E-state index < -0.39 is 36.7 Å². The van der Waals surface area contributed by atoms with Gasteiger partial charge >= 0.3 is 12.1 Å². The van der Waals surface area contributed by atoms with Gasteiger partial charge in [0.15, 0.2) is 5.78 Å². The predicted molar refractivity (Wildman–Crippen MR) is 80.3 cm³/mol. The van der Waals surface area contributed by atoms with Gasteiger partial charge in [-0.1, -0.05) is 26.0 Å². The highest BCUT2D eigenvalue weighted by atomic mass is 19.4. The van der Waals surface area contributed by atoms with Gasteiger partial charge in [0.1, 0.15) is 0 Å². The van der Waals surface area contributed by atoms with Gasteiger partial charge < -0.3 is 4.74 Å². The molecule has 0 heterocycles. The van der Waals surface area contributed by atoms with Crippen LogP contribution < -0.4 is 0 Å². The molecule has 0 spiro atoms. The number of alkyl halides is 3. The summed E-state index contributed by atoms with van der Waals surface area (Å²) in [6.45, 7) is 3.91. The van der Waals surface area contributed by atoms with E-state index in [2.05, 4.69) is 4.74 Å². The molecule has 1 unspecified atom stereocenters. The van der Waals surface area contributed by atoms with Gasteiger partial charge in [-0.2, -0.15) is 13.2 Å². The quantitative estimate of drug-likeness (QED) is 0.558. The van der Waals surface area contributed by atoms with Crippen LogP contribution in [0.15, 0.2) is 18.2 Å². The molecule has 0 bridgehead atoms. The predicted octanol–water partition coefficient (Wildman–Crippen LogP) is 4.13. The van der Waals surface area contributed by atoms with E-state index in [1.54, 1.807) is 18.2 Å². The number of hydrogen-bond donors (Lipinski definition) is 0. The van der Waals surface area contributed by atoms with Crippen molar-refractivity contribution in [3.05, 3.63) is 34.9 Å². The van der Waals surface area contributed by atoms with E-state index in [0.717, 1.165) is 24.7 Å². The Kier molecular flexibility index (Phi) is 6.79. The SMILES string of the molecule is CCc1ccc(C(=O)CC(CC(=O)OC)C(F)(F)F)cc1CC. The van der Waals surface area contributed by atoms with Crippen LogP contribution in [0.5, 0.6) is 0 Å². The maximum atomic E-state index is 13.0. The van der Waals surface area contributed by atoms with Crippen molar-refractivity contribution >= 4 is 11.8 Å². The highest BCUT2D eigenvalue weighted by Gasteiger charge is 2.42. The first-order valence-electron chi connectivity index (χ1n) is 7.51. The lowest BCUT2D eigenvalue weighted by Gasteiger charge is -2.18. The monoisotopic (exact) mass is 330 g/mol. The molecule has 0 saturated carbocycles. The van der Waals surface area contributed by atoms with Gasteiger partial charge in [-0.3, -0.25) is 9.59 Å². The number of carbonyl (C=O) groups is 2. The second-order valence-corrected chi connectivity index (χ2v) is 5.34. The first-order valence-corrected chi connectivity index (χ1v) is 7.51. The van der Waals surface area contributed by atoms with Gasteiger partial charge in [-0.05, 0) is 30.0 Å². The van der Waals surface area contributed by atoms with E-state index in [4.69, 9.17) is 0 Å². The molecule has 6 heteroatoms. The Balaban J connectivity index is 2.96. The summed E-state index contributed by atoms with van der Waals surface area (Å²) in [5.74, 6) is -3.62. The Morgan fingerprint density at radius 3 is 2.17 bits per heavy atom. The number of carbonyl (C=O) groups excluding carboxylic acids is 2. The van der Waals surface area contributed by atoms with Crippen LogP contribution in [-0.4, -0.2) is 25.0 Å². The average molecular weight is 330 g/mol. The zero-order valence-corrected chi connectivity index (χ0v) is 13.5. The fourth-order valence-electron chi connectivity index (χ4n) is 2.40. The zero-order valence-electron chi connectivity index (χ0n) is 13.5. The van der Waals surface area contributed by atoms with Crippen LogP contribution >= 0.6 is 0 Å². The van der Waals surface area contributed by atoms with E-state index >= 15 is 0 Å². The molecule has 1 rings (SSSR count). The highest BCUT2D eigenvalue weighted by molar-refractivity contribution is 5.96. The molecule has 0 aliphatic rings. The van der Waals surface area contributed by atoms with Crippen molar-refractivity contribution in [2.24, 2.45) is 5.92 Å². The summed E-state index contributed by atoms with van der Waals surface area (Å²) in [6.07, 6.45) is -4.73. The van der Waals surface area contributed by atoms with Gasteiger partial charge in [-0.15, -0.1) is 0 Å². The van der Waals surface area contributed by atoms with Crippen molar-refractivity contribution in [2.45, 2.75) is 45.7 Å². The topological polar surface area (TPSA) is 43.4 Å². The van der Waals surface area contributed by atoms with Crippen LogP contribution in [0.4, 0.5) is 13.2 Å². The molecule has 23 heavy (non-hydrogen) atoms. The number of aryl methyl sites for hydroxylation is 2. The number of rotatable bonds is 7. The smallest absolute Gasteiger partial charge is 0.392 e. The third-order valence-corrected chi connectivity index (χ3v) is 3.83. The summed E-state index contributed by atoms with van der Waals surface area (Å²) in [4.78, 5) is 23.3. The van der Waals surface area contributed by atoms with Gasteiger partial charge in [0.05, 0.1) is 19.4 Å². The second-order valence-electron chi connectivity index (χ2n) is 5.34. The Morgan fingerprint density at radius 1 is 1.09 bits per heavy atom. The molecule has 1 aromatic rings. The fraction of sp³-hybridized carbons (Fsp3) is 0.529. The van der Waals surface area contributed by atoms with Crippen molar-refractivity contribution < 1.29 is 27.5 Å². The van der Waals surface area contributed by atoms with Crippen LogP contribution in [0.3, 0.4) is 0 Å². The number of ketones is 1. The highest BCUT2D eigenvalue weighted by Crippen LogP contribution is 2.33. The molecule has 0 aromatic heterocycles. The maximum Gasteiger partial charge on any atom is 0.392 e. The van der Waals surface area contributed by atoms with Crippen LogP contribution in [0.25, 0.3) is 0 Å². The largest absolute Gasteiger partial charge is 0.469 e. The van der Waals surface area contributed by atoms with Gasteiger partial charge in [0.2, 0.25) is 0 Å². The summed E-state index contributed by atoms with van der Waals surface area (Å²) in [7, 11) is 1.02. The summed E-state index contributed by atoms with van der Waals surface area (Å²) in [6, 6.07) is 4.97. The molecule has 0 aliphatic carbocycles. The molecule has 1 atom stereocenters. The molecule has 0 N–H and O–H groups in total. The molecular weight excluding hydrogens is 309 g/mol. The minimum atomic E-state index is -4.62. The number of methoxy groups -OCH3 is 1. The Hall–Kier alpha value is -1.85. The Labute approximate surface area is 133 Å². The van der Waals surface area contributed by atoms with Crippen molar-refractivity contribution in [2.75, 3.05) is 7.11 Å². The molecule has 0 amide bonds. The van der Waals surface area contributed by atoms with Gasteiger partial charge in [-0.25, -0.2) is 0 Å². The standard InChI is InChI=1S/C17H21F3O3/c1-4-11-6-7-13(8-12(11)5-2)15(21)9-14(17(18,19)20)10-16(22)23-3/h6-8,14H,4-5,9-10H2,1-3H3. The lowest BCUT2D eigenvalue weighted by molar-refractivity contribution is -0.182. The van der Waals surface area contributed by atoms with E-state index in [1.165, 1.54) is 0 Å². The maximum absolute atomic E-state index is 13.0. The van der Waals surface area contributed by atoms with Crippen molar-refractivity contribution in [3.63, 3.8) is 0 Å². The van der Waals surface area contributed by atoms with E-state index in [9.17, 15) is 22.8 Å².